The molecule has 0 aliphatic carbocycles. The molecular weight excluding hydrogens is 483 g/mol. The molecule has 2 aliphatic heterocycles. The van der Waals surface area contributed by atoms with Crippen LogP contribution in [-0.2, 0) is 24.3 Å². The van der Waals surface area contributed by atoms with Crippen LogP contribution in [0.3, 0.4) is 0 Å². The maximum atomic E-state index is 11.7. The lowest BCUT2D eigenvalue weighted by Crippen LogP contribution is -2.61. The molecule has 1 aromatic heterocycles. The molecule has 0 spiro atoms. The molecule has 0 saturated carbocycles. The largest absolute Gasteiger partial charge is 0.368 e. The summed E-state index contributed by atoms with van der Waals surface area (Å²) in [6.45, 7) is 11.4. The summed E-state index contributed by atoms with van der Waals surface area (Å²) in [5.41, 5.74) is 4.94. The molecular formula is C19H35IN8O. The number of piperazine rings is 1. The molecule has 1 amide bonds. The normalized spacial score (nSPS) is 18.6. The van der Waals surface area contributed by atoms with E-state index in [2.05, 4.69) is 36.8 Å². The minimum atomic E-state index is -0.624. The van der Waals surface area contributed by atoms with Crippen LogP contribution < -0.4 is 11.1 Å². The zero-order valence-electron chi connectivity index (χ0n) is 17.9. The van der Waals surface area contributed by atoms with Crippen LogP contribution in [0.2, 0.25) is 0 Å². The van der Waals surface area contributed by atoms with Gasteiger partial charge in [-0.3, -0.25) is 9.69 Å². The van der Waals surface area contributed by atoms with Crippen molar-refractivity contribution in [2.24, 2.45) is 10.7 Å². The van der Waals surface area contributed by atoms with E-state index in [0.29, 0.717) is 6.54 Å². The number of primary amides is 1. The summed E-state index contributed by atoms with van der Waals surface area (Å²) >= 11 is 0. The highest BCUT2D eigenvalue weighted by Gasteiger charge is 2.35. The maximum Gasteiger partial charge on any atom is 0.237 e. The van der Waals surface area contributed by atoms with E-state index in [1.807, 2.05) is 13.8 Å². The number of fused-ring (bicyclic) bond motifs is 1. The molecule has 3 rings (SSSR count). The summed E-state index contributed by atoms with van der Waals surface area (Å²) < 4.78 is 2.24. The van der Waals surface area contributed by atoms with Gasteiger partial charge in [-0.05, 0) is 33.6 Å². The van der Waals surface area contributed by atoms with Gasteiger partial charge >= 0.3 is 0 Å². The van der Waals surface area contributed by atoms with E-state index in [4.69, 9.17) is 10.7 Å². The van der Waals surface area contributed by atoms with Crippen molar-refractivity contribution in [2.75, 3.05) is 32.7 Å². The van der Waals surface area contributed by atoms with Crippen molar-refractivity contribution in [3.05, 3.63) is 11.6 Å². The van der Waals surface area contributed by atoms with Gasteiger partial charge in [0.15, 0.2) is 11.8 Å². The number of nitrogens with one attached hydrogen (secondary N) is 1. The zero-order valence-corrected chi connectivity index (χ0v) is 20.2. The Hall–Kier alpha value is -1.43. The lowest BCUT2D eigenvalue weighted by atomic mass is 10.0. The SMILES string of the molecule is CCNC(=NCc1nnc2n1CCCCC2)N1CCN(C(C)(C)C(N)=O)CC1.I. The Morgan fingerprint density at radius 3 is 2.52 bits per heavy atom. The average Bonchev–Trinajstić information content (AvgIpc) is 2.91. The van der Waals surface area contributed by atoms with Crippen LogP contribution in [0, 0.1) is 0 Å². The van der Waals surface area contributed by atoms with Crippen LogP contribution >= 0.6 is 24.0 Å². The minimum Gasteiger partial charge on any atom is -0.368 e. The number of nitrogens with two attached hydrogens (primary N) is 1. The average molecular weight is 518 g/mol. The second-order valence-corrected chi connectivity index (χ2v) is 8.06. The summed E-state index contributed by atoms with van der Waals surface area (Å²) in [5, 5.41) is 12.1. The van der Waals surface area contributed by atoms with Crippen molar-refractivity contribution < 1.29 is 4.79 Å². The molecule has 1 fully saturated rings. The van der Waals surface area contributed by atoms with Crippen LogP contribution in [0.4, 0.5) is 0 Å². The van der Waals surface area contributed by atoms with E-state index >= 15 is 0 Å². The van der Waals surface area contributed by atoms with Gasteiger partial charge in [-0.1, -0.05) is 6.42 Å². The summed E-state index contributed by atoms with van der Waals surface area (Å²) in [7, 11) is 0. The second kappa shape index (κ2) is 10.6. The van der Waals surface area contributed by atoms with Gasteiger partial charge in [-0.2, -0.15) is 0 Å². The van der Waals surface area contributed by atoms with Crippen LogP contribution in [-0.4, -0.2) is 74.7 Å². The lowest BCUT2D eigenvalue weighted by molar-refractivity contribution is -0.129. The molecule has 0 radical (unpaired) electrons. The van der Waals surface area contributed by atoms with Gasteiger partial charge in [-0.25, -0.2) is 4.99 Å². The molecule has 10 heteroatoms. The first-order valence-corrected chi connectivity index (χ1v) is 10.4. The van der Waals surface area contributed by atoms with Crippen LogP contribution in [0.5, 0.6) is 0 Å². The van der Waals surface area contributed by atoms with Crippen molar-refractivity contribution >= 4 is 35.8 Å². The number of amides is 1. The summed E-state index contributed by atoms with van der Waals surface area (Å²) in [4.78, 5) is 21.0. The highest BCUT2D eigenvalue weighted by atomic mass is 127. The molecule has 3 heterocycles. The number of nitrogens with zero attached hydrogens (tertiary/aromatic N) is 6. The Balaban J connectivity index is 0.00000300. The van der Waals surface area contributed by atoms with Crippen molar-refractivity contribution in [1.82, 2.24) is 29.9 Å². The van der Waals surface area contributed by atoms with Gasteiger partial charge in [0.1, 0.15) is 12.4 Å². The third kappa shape index (κ3) is 5.59. The molecule has 2 aliphatic rings. The first-order valence-electron chi connectivity index (χ1n) is 10.4. The van der Waals surface area contributed by atoms with Gasteiger partial charge < -0.3 is 20.5 Å². The van der Waals surface area contributed by atoms with Crippen molar-refractivity contribution in [1.29, 1.82) is 0 Å². The highest BCUT2D eigenvalue weighted by molar-refractivity contribution is 14.0. The molecule has 0 bridgehead atoms. The summed E-state index contributed by atoms with van der Waals surface area (Å²) in [6, 6.07) is 0. The van der Waals surface area contributed by atoms with Gasteiger partial charge in [-0.15, -0.1) is 34.2 Å². The molecule has 1 aromatic rings. The fourth-order valence-electron chi connectivity index (χ4n) is 3.87. The van der Waals surface area contributed by atoms with Crippen LogP contribution in [0.15, 0.2) is 4.99 Å². The Labute approximate surface area is 190 Å². The van der Waals surface area contributed by atoms with Crippen LogP contribution in [0.25, 0.3) is 0 Å². The number of rotatable bonds is 5. The Morgan fingerprint density at radius 2 is 1.86 bits per heavy atom. The Bertz CT molecular complexity index is 709. The monoisotopic (exact) mass is 518 g/mol. The van der Waals surface area contributed by atoms with Crippen LogP contribution in [0.1, 0.15) is 51.7 Å². The number of hydrogen-bond donors (Lipinski definition) is 2. The van der Waals surface area contributed by atoms with E-state index in [1.165, 1.54) is 19.3 Å². The minimum absolute atomic E-state index is 0. The topological polar surface area (TPSA) is 105 Å². The smallest absolute Gasteiger partial charge is 0.237 e. The van der Waals surface area contributed by atoms with Gasteiger partial charge in [0, 0.05) is 45.7 Å². The first kappa shape index (κ1) is 23.8. The molecule has 164 valence electrons. The fraction of sp³-hybridized carbons (Fsp3) is 0.789. The number of guanidine groups is 1. The highest BCUT2D eigenvalue weighted by Crippen LogP contribution is 2.17. The van der Waals surface area contributed by atoms with Gasteiger partial charge in [0.05, 0.1) is 5.54 Å². The molecule has 3 N–H and O–H groups in total. The quantitative estimate of drug-likeness (QED) is 0.342. The summed E-state index contributed by atoms with van der Waals surface area (Å²) in [5.74, 6) is 2.65. The van der Waals surface area contributed by atoms with E-state index < -0.39 is 5.54 Å². The van der Waals surface area contributed by atoms with Gasteiger partial charge in [0.25, 0.3) is 0 Å². The maximum absolute atomic E-state index is 11.7. The summed E-state index contributed by atoms with van der Waals surface area (Å²) in [6.07, 6.45) is 4.63. The first-order chi connectivity index (χ1) is 13.4. The fourth-order valence-corrected chi connectivity index (χ4v) is 3.87. The van der Waals surface area contributed by atoms with E-state index in [0.717, 1.165) is 63.3 Å². The zero-order chi connectivity index (χ0) is 20.1. The number of carbonyl (C=O) groups is 1. The van der Waals surface area contributed by atoms with E-state index in [-0.39, 0.29) is 29.9 Å². The predicted molar refractivity (Wildman–Crippen MR) is 124 cm³/mol. The second-order valence-electron chi connectivity index (χ2n) is 8.06. The van der Waals surface area contributed by atoms with Crippen molar-refractivity contribution in [3.8, 4) is 0 Å². The third-order valence-corrected chi connectivity index (χ3v) is 5.86. The van der Waals surface area contributed by atoms with E-state index in [9.17, 15) is 4.79 Å². The Morgan fingerprint density at radius 1 is 1.14 bits per heavy atom. The number of aromatic nitrogens is 3. The predicted octanol–water partition coefficient (Wildman–Crippen LogP) is 0.970. The molecule has 0 unspecified atom stereocenters. The van der Waals surface area contributed by atoms with Gasteiger partial charge in [0.2, 0.25) is 5.91 Å². The number of halogens is 1. The standard InChI is InChI=1S/C19H34N8O.HI/c1-4-21-18(25-10-12-26(13-11-25)19(2,3)17(20)28)22-14-16-24-23-15-8-6-5-7-9-27(15)16;/h4-14H2,1-3H3,(H2,20,28)(H,21,22);1H. The Kier molecular flexibility index (Phi) is 8.68. The molecule has 1 saturated heterocycles. The molecule has 0 atom stereocenters. The lowest BCUT2D eigenvalue weighted by Gasteiger charge is -2.43. The third-order valence-electron chi connectivity index (χ3n) is 5.86. The van der Waals surface area contributed by atoms with Crippen molar-refractivity contribution in [2.45, 2.75) is 65.1 Å². The molecule has 9 nitrogen and oxygen atoms in total. The number of hydrogen-bond acceptors (Lipinski definition) is 5. The van der Waals surface area contributed by atoms with Crippen molar-refractivity contribution in [3.63, 3.8) is 0 Å². The van der Waals surface area contributed by atoms with E-state index in [1.54, 1.807) is 0 Å². The number of carbonyl (C=O) groups excluding carboxylic acids is 1. The number of aliphatic imine (C=N–C) groups is 1. The molecule has 0 aromatic carbocycles. The molecule has 29 heavy (non-hydrogen) atoms. The number of aryl methyl sites for hydroxylation is 1.